The van der Waals surface area contributed by atoms with Gasteiger partial charge in [0.05, 0.1) is 12.7 Å². The van der Waals surface area contributed by atoms with Gasteiger partial charge in [-0.3, -0.25) is 4.79 Å². The van der Waals surface area contributed by atoms with Crippen molar-refractivity contribution in [2.24, 2.45) is 7.05 Å². The Hall–Kier alpha value is -2.48. The number of hydrogen-bond acceptors (Lipinski definition) is 7. The molecule has 1 atom stereocenters. The zero-order valence-electron chi connectivity index (χ0n) is 15.2. The molecule has 1 aliphatic carbocycles. The van der Waals surface area contributed by atoms with E-state index in [0.29, 0.717) is 24.9 Å². The van der Waals surface area contributed by atoms with Gasteiger partial charge in [-0.05, 0) is 18.9 Å². The van der Waals surface area contributed by atoms with E-state index >= 15 is 0 Å². The van der Waals surface area contributed by atoms with Crippen molar-refractivity contribution in [3.05, 3.63) is 40.8 Å². The molecule has 0 amide bonds. The van der Waals surface area contributed by atoms with Gasteiger partial charge in [-0.25, -0.2) is 15.0 Å². The van der Waals surface area contributed by atoms with Gasteiger partial charge in [-0.2, -0.15) is 0 Å². The van der Waals surface area contributed by atoms with Crippen LogP contribution < -0.4 is 15.4 Å². The zero-order valence-corrected chi connectivity index (χ0v) is 15.2. The highest BCUT2D eigenvalue weighted by Gasteiger charge is 2.28. The highest BCUT2D eigenvalue weighted by atomic mass is 16.5. The molecule has 1 saturated heterocycles. The Bertz CT molecular complexity index is 834. The van der Waals surface area contributed by atoms with Crippen LogP contribution in [0.2, 0.25) is 0 Å². The summed E-state index contributed by atoms with van der Waals surface area (Å²) in [5.74, 6) is 2.90. The van der Waals surface area contributed by atoms with E-state index in [1.54, 1.807) is 19.4 Å². The van der Waals surface area contributed by atoms with E-state index in [2.05, 4.69) is 14.9 Å². The lowest BCUT2D eigenvalue weighted by Crippen LogP contribution is -2.48. The number of hydrogen-bond donors (Lipinski definition) is 0. The number of nitrogens with zero attached hydrogens (tertiary/aromatic N) is 6. The van der Waals surface area contributed by atoms with Gasteiger partial charge in [0.25, 0.3) is 5.56 Å². The lowest BCUT2D eigenvalue weighted by atomic mass is 10.2. The molecular weight excluding hydrogens is 332 g/mol. The highest BCUT2D eigenvalue weighted by molar-refractivity contribution is 5.40. The van der Waals surface area contributed by atoms with E-state index in [1.165, 1.54) is 17.4 Å². The minimum atomic E-state index is -0.104. The number of ether oxygens (including phenoxy) is 1. The van der Waals surface area contributed by atoms with Gasteiger partial charge < -0.3 is 19.1 Å². The first-order valence-electron chi connectivity index (χ1n) is 9.04. The van der Waals surface area contributed by atoms with Crippen molar-refractivity contribution in [2.45, 2.75) is 24.9 Å². The summed E-state index contributed by atoms with van der Waals surface area (Å²) >= 11 is 0. The number of aromatic nitrogens is 4. The zero-order chi connectivity index (χ0) is 18.1. The quantitative estimate of drug-likeness (QED) is 0.784. The Morgan fingerprint density at radius 1 is 1.31 bits per heavy atom. The second kappa shape index (κ2) is 7.03. The highest BCUT2D eigenvalue weighted by Crippen LogP contribution is 2.38. The van der Waals surface area contributed by atoms with Crippen LogP contribution in [0.15, 0.2) is 29.5 Å². The Balaban J connectivity index is 1.44. The lowest BCUT2D eigenvalue weighted by Gasteiger charge is -2.35. The summed E-state index contributed by atoms with van der Waals surface area (Å²) < 4.78 is 7.45. The van der Waals surface area contributed by atoms with Crippen molar-refractivity contribution in [3.8, 4) is 0 Å². The van der Waals surface area contributed by atoms with Gasteiger partial charge in [0.1, 0.15) is 11.6 Å². The predicted molar refractivity (Wildman–Crippen MR) is 98.7 cm³/mol. The largest absolute Gasteiger partial charge is 0.373 e. The summed E-state index contributed by atoms with van der Waals surface area (Å²) in [6.45, 7) is 2.79. The van der Waals surface area contributed by atoms with Crippen molar-refractivity contribution < 1.29 is 4.74 Å². The molecule has 26 heavy (non-hydrogen) atoms. The summed E-state index contributed by atoms with van der Waals surface area (Å²) in [7, 11) is 3.61. The van der Waals surface area contributed by atoms with Crippen LogP contribution in [-0.4, -0.2) is 58.9 Å². The van der Waals surface area contributed by atoms with Crippen LogP contribution in [0.1, 0.15) is 24.6 Å². The molecule has 0 aromatic carbocycles. The van der Waals surface area contributed by atoms with Crippen LogP contribution in [0, 0.1) is 0 Å². The van der Waals surface area contributed by atoms with Gasteiger partial charge >= 0.3 is 0 Å². The summed E-state index contributed by atoms with van der Waals surface area (Å²) in [6.07, 6.45) is 7.52. The SMILES string of the molecule is CN(CC1CN(c2ccnc(C3CC3)n2)CCO1)c1nccn(C)c1=O. The molecule has 0 bridgehead atoms. The van der Waals surface area contributed by atoms with Crippen LogP contribution in [0.5, 0.6) is 0 Å². The van der Waals surface area contributed by atoms with Crippen LogP contribution in [0.25, 0.3) is 0 Å². The molecule has 3 heterocycles. The molecule has 0 N–H and O–H groups in total. The molecule has 1 unspecified atom stereocenters. The maximum absolute atomic E-state index is 12.2. The fraction of sp³-hybridized carbons (Fsp3) is 0.556. The van der Waals surface area contributed by atoms with Gasteiger partial charge in [0, 0.05) is 58.2 Å². The molecule has 1 saturated carbocycles. The standard InChI is InChI=1S/C18H24N6O2/c1-22-8-7-20-17(18(22)25)23(2)11-14-12-24(9-10-26-14)15-5-6-19-16(21-15)13-3-4-13/h5-8,13-14H,3-4,9-12H2,1-2H3. The minimum absolute atomic E-state index is 0.0141. The van der Waals surface area contributed by atoms with E-state index in [-0.39, 0.29) is 11.7 Å². The van der Waals surface area contributed by atoms with Gasteiger partial charge in [0.15, 0.2) is 5.82 Å². The van der Waals surface area contributed by atoms with Crippen molar-refractivity contribution in [1.82, 2.24) is 19.5 Å². The summed E-state index contributed by atoms with van der Waals surface area (Å²) in [5.41, 5.74) is -0.104. The first kappa shape index (κ1) is 17.0. The number of likely N-dealkylation sites (N-methyl/N-ethyl adjacent to an activating group) is 1. The molecule has 8 nitrogen and oxygen atoms in total. The Labute approximate surface area is 152 Å². The van der Waals surface area contributed by atoms with Crippen LogP contribution in [0.4, 0.5) is 11.6 Å². The van der Waals surface area contributed by atoms with E-state index in [0.717, 1.165) is 24.7 Å². The first-order chi connectivity index (χ1) is 12.6. The lowest BCUT2D eigenvalue weighted by molar-refractivity contribution is 0.0455. The van der Waals surface area contributed by atoms with Crippen molar-refractivity contribution in [2.75, 3.05) is 43.1 Å². The molecule has 2 aliphatic rings. The summed E-state index contributed by atoms with van der Waals surface area (Å²) in [5, 5.41) is 0. The number of aryl methyl sites for hydroxylation is 1. The Morgan fingerprint density at radius 2 is 2.15 bits per heavy atom. The Kier molecular flexibility index (Phi) is 4.58. The maximum Gasteiger partial charge on any atom is 0.293 e. The second-order valence-corrected chi connectivity index (χ2v) is 7.03. The van der Waals surface area contributed by atoms with E-state index in [4.69, 9.17) is 9.72 Å². The molecule has 0 spiro atoms. The molecule has 2 fully saturated rings. The Morgan fingerprint density at radius 3 is 2.96 bits per heavy atom. The van der Waals surface area contributed by atoms with E-state index in [9.17, 15) is 4.79 Å². The van der Waals surface area contributed by atoms with Crippen LogP contribution >= 0.6 is 0 Å². The van der Waals surface area contributed by atoms with Gasteiger partial charge in [-0.15, -0.1) is 0 Å². The van der Waals surface area contributed by atoms with Crippen molar-refractivity contribution in [3.63, 3.8) is 0 Å². The molecule has 0 radical (unpaired) electrons. The van der Waals surface area contributed by atoms with Gasteiger partial charge in [-0.1, -0.05) is 0 Å². The molecule has 8 heteroatoms. The fourth-order valence-corrected chi connectivity index (χ4v) is 3.25. The van der Waals surface area contributed by atoms with E-state index < -0.39 is 0 Å². The average Bonchev–Trinajstić information content (AvgIpc) is 3.49. The van der Waals surface area contributed by atoms with Crippen molar-refractivity contribution in [1.29, 1.82) is 0 Å². The molecule has 4 rings (SSSR count). The van der Waals surface area contributed by atoms with Crippen LogP contribution in [-0.2, 0) is 11.8 Å². The first-order valence-corrected chi connectivity index (χ1v) is 9.04. The van der Waals surface area contributed by atoms with Crippen molar-refractivity contribution >= 4 is 11.6 Å². The van der Waals surface area contributed by atoms with Gasteiger partial charge in [0.2, 0.25) is 0 Å². The molecule has 2 aromatic rings. The molecule has 138 valence electrons. The maximum atomic E-state index is 12.2. The third kappa shape index (κ3) is 3.55. The molecule has 1 aliphatic heterocycles. The number of morpholine rings is 1. The average molecular weight is 356 g/mol. The predicted octanol–water partition coefficient (Wildman–Crippen LogP) is 0.789. The fourth-order valence-electron chi connectivity index (χ4n) is 3.25. The summed E-state index contributed by atoms with van der Waals surface area (Å²) in [6, 6.07) is 1.96. The second-order valence-electron chi connectivity index (χ2n) is 7.03. The van der Waals surface area contributed by atoms with E-state index in [1.807, 2.05) is 24.2 Å². The van der Waals surface area contributed by atoms with Crippen LogP contribution in [0.3, 0.4) is 0 Å². The minimum Gasteiger partial charge on any atom is -0.373 e. The topological polar surface area (TPSA) is 76.4 Å². The molecular formula is C18H24N6O2. The third-order valence-electron chi connectivity index (χ3n) is 4.90. The smallest absolute Gasteiger partial charge is 0.293 e. The number of anilines is 2. The normalized spacial score (nSPS) is 20.2. The number of rotatable bonds is 5. The monoisotopic (exact) mass is 356 g/mol. The third-order valence-corrected chi connectivity index (χ3v) is 4.90. The molecule has 2 aromatic heterocycles. The summed E-state index contributed by atoms with van der Waals surface area (Å²) in [4.78, 5) is 29.7.